The summed E-state index contributed by atoms with van der Waals surface area (Å²) in [6.45, 7) is 3.56. The Balaban J connectivity index is 1.92. The lowest BCUT2D eigenvalue weighted by atomic mass is 10.2. The molecule has 2 amide bonds. The highest BCUT2D eigenvalue weighted by Crippen LogP contribution is 2.20. The van der Waals surface area contributed by atoms with Crippen molar-refractivity contribution in [2.75, 3.05) is 27.4 Å². The zero-order valence-electron chi connectivity index (χ0n) is 12.8. The van der Waals surface area contributed by atoms with Crippen LogP contribution in [0.4, 0.5) is 4.79 Å². The number of ether oxygens (including phenoxy) is 2. The van der Waals surface area contributed by atoms with Crippen LogP contribution in [0, 0.1) is 6.92 Å². The molecule has 21 heavy (non-hydrogen) atoms. The first-order valence-corrected chi connectivity index (χ1v) is 7.11. The third-order valence-electron chi connectivity index (χ3n) is 3.73. The molecule has 6 nitrogen and oxygen atoms in total. The average molecular weight is 293 g/mol. The van der Waals surface area contributed by atoms with Crippen LogP contribution in [0.15, 0.2) is 18.3 Å². The van der Waals surface area contributed by atoms with Gasteiger partial charge in [-0.25, -0.2) is 4.79 Å². The van der Waals surface area contributed by atoms with Gasteiger partial charge in [-0.2, -0.15) is 0 Å². The first kappa shape index (κ1) is 15.7. The molecule has 1 aliphatic heterocycles. The number of aryl methyl sites for hydroxylation is 1. The van der Waals surface area contributed by atoms with Crippen molar-refractivity contribution in [2.24, 2.45) is 0 Å². The number of nitrogens with zero attached hydrogens (tertiary/aromatic N) is 2. The number of aromatic nitrogens is 1. The molecule has 0 aromatic carbocycles. The molecular weight excluding hydrogens is 270 g/mol. The fourth-order valence-electron chi connectivity index (χ4n) is 2.64. The number of rotatable bonds is 5. The maximum atomic E-state index is 12.3. The predicted octanol–water partition coefficient (Wildman–Crippen LogP) is 1.34. The first-order valence-electron chi connectivity index (χ1n) is 7.11. The van der Waals surface area contributed by atoms with Crippen molar-refractivity contribution in [2.45, 2.75) is 32.0 Å². The number of hydrogen-bond donors (Lipinski definition) is 1. The second-order valence-corrected chi connectivity index (χ2v) is 5.32. The van der Waals surface area contributed by atoms with Crippen LogP contribution >= 0.6 is 0 Å². The van der Waals surface area contributed by atoms with Crippen LogP contribution in [-0.4, -0.2) is 55.4 Å². The van der Waals surface area contributed by atoms with Crippen molar-refractivity contribution in [1.82, 2.24) is 15.2 Å². The number of amides is 2. The first-order chi connectivity index (χ1) is 10.1. The fourth-order valence-corrected chi connectivity index (χ4v) is 2.64. The zero-order valence-corrected chi connectivity index (χ0v) is 12.8. The molecule has 2 heterocycles. The normalized spacial score (nSPS) is 21.6. The van der Waals surface area contributed by atoms with E-state index in [-0.39, 0.29) is 18.2 Å². The van der Waals surface area contributed by atoms with E-state index in [9.17, 15) is 4.79 Å². The van der Waals surface area contributed by atoms with Gasteiger partial charge in [0.1, 0.15) is 0 Å². The molecule has 2 atom stereocenters. The second-order valence-electron chi connectivity index (χ2n) is 5.32. The molecule has 116 valence electrons. The third-order valence-corrected chi connectivity index (χ3v) is 3.73. The number of carbonyl (C=O) groups is 1. The van der Waals surface area contributed by atoms with Crippen LogP contribution in [0.25, 0.3) is 0 Å². The molecule has 2 rings (SSSR count). The van der Waals surface area contributed by atoms with E-state index in [2.05, 4.69) is 10.3 Å². The summed E-state index contributed by atoms with van der Waals surface area (Å²) in [7, 11) is 3.33. The van der Waals surface area contributed by atoms with Gasteiger partial charge in [0.2, 0.25) is 0 Å². The Morgan fingerprint density at radius 3 is 3.00 bits per heavy atom. The molecule has 0 spiro atoms. The highest BCUT2D eigenvalue weighted by Gasteiger charge is 2.35. The number of pyridine rings is 1. The summed E-state index contributed by atoms with van der Waals surface area (Å²) < 4.78 is 10.6. The van der Waals surface area contributed by atoms with E-state index in [0.717, 1.165) is 17.7 Å². The van der Waals surface area contributed by atoms with E-state index in [1.807, 2.05) is 19.1 Å². The number of urea groups is 1. The summed E-state index contributed by atoms with van der Waals surface area (Å²) >= 11 is 0. The standard InChI is InChI=1S/C15H23N3O3/c1-11-6-12(4-5-16-11)8-17-15(19)18-9-14(21-3)7-13(18)10-20-2/h4-6,13-14H,7-10H2,1-3H3,(H,17,19)/t13-,14+/m0/s1. The largest absolute Gasteiger partial charge is 0.383 e. The quantitative estimate of drug-likeness (QED) is 0.889. The lowest BCUT2D eigenvalue weighted by Crippen LogP contribution is -2.44. The monoisotopic (exact) mass is 293 g/mol. The van der Waals surface area contributed by atoms with Crippen LogP contribution in [0.5, 0.6) is 0 Å². The van der Waals surface area contributed by atoms with Crippen molar-refractivity contribution in [1.29, 1.82) is 0 Å². The van der Waals surface area contributed by atoms with E-state index < -0.39 is 0 Å². The van der Waals surface area contributed by atoms with Gasteiger partial charge >= 0.3 is 6.03 Å². The van der Waals surface area contributed by atoms with Crippen LogP contribution in [0.2, 0.25) is 0 Å². The Kier molecular flexibility index (Phi) is 5.52. The summed E-state index contributed by atoms with van der Waals surface area (Å²) in [6.07, 6.45) is 2.65. The molecule has 1 aliphatic rings. The molecule has 1 fully saturated rings. The Bertz CT molecular complexity index is 481. The molecule has 0 saturated carbocycles. The zero-order chi connectivity index (χ0) is 15.2. The SMILES string of the molecule is COC[C@@H]1C[C@@H](OC)CN1C(=O)NCc1ccnc(C)c1. The minimum atomic E-state index is -0.0777. The number of hydrogen-bond acceptors (Lipinski definition) is 4. The molecule has 0 aliphatic carbocycles. The van der Waals surface area contributed by atoms with E-state index in [1.54, 1.807) is 25.3 Å². The second kappa shape index (κ2) is 7.38. The van der Waals surface area contributed by atoms with Crippen LogP contribution in [0.1, 0.15) is 17.7 Å². The van der Waals surface area contributed by atoms with E-state index in [4.69, 9.17) is 9.47 Å². The van der Waals surface area contributed by atoms with Crippen molar-refractivity contribution in [3.05, 3.63) is 29.6 Å². The summed E-state index contributed by atoms with van der Waals surface area (Å²) in [5.41, 5.74) is 1.99. The number of carbonyl (C=O) groups excluding carboxylic acids is 1. The molecule has 0 bridgehead atoms. The molecule has 1 saturated heterocycles. The Labute approximate surface area is 125 Å². The molecule has 0 radical (unpaired) electrons. The summed E-state index contributed by atoms with van der Waals surface area (Å²) in [5.74, 6) is 0. The number of nitrogens with one attached hydrogen (secondary N) is 1. The fraction of sp³-hybridized carbons (Fsp3) is 0.600. The molecular formula is C15H23N3O3. The van der Waals surface area contributed by atoms with Crippen molar-refractivity contribution in [3.8, 4) is 0 Å². The van der Waals surface area contributed by atoms with Gasteiger partial charge in [0.25, 0.3) is 0 Å². The number of methoxy groups -OCH3 is 2. The molecule has 1 N–H and O–H groups in total. The maximum Gasteiger partial charge on any atom is 0.318 e. The Morgan fingerprint density at radius 2 is 2.33 bits per heavy atom. The van der Waals surface area contributed by atoms with Crippen molar-refractivity contribution >= 4 is 6.03 Å². The van der Waals surface area contributed by atoms with Crippen molar-refractivity contribution < 1.29 is 14.3 Å². The van der Waals surface area contributed by atoms with Gasteiger partial charge in [-0.3, -0.25) is 4.98 Å². The molecule has 1 aromatic heterocycles. The highest BCUT2D eigenvalue weighted by atomic mass is 16.5. The Hall–Kier alpha value is -1.66. The van der Waals surface area contributed by atoms with E-state index >= 15 is 0 Å². The topological polar surface area (TPSA) is 63.7 Å². The van der Waals surface area contributed by atoms with Crippen LogP contribution < -0.4 is 5.32 Å². The summed E-state index contributed by atoms with van der Waals surface area (Å²) in [6, 6.07) is 3.86. The van der Waals surface area contributed by atoms with Crippen molar-refractivity contribution in [3.63, 3.8) is 0 Å². The molecule has 0 unspecified atom stereocenters. The Morgan fingerprint density at radius 1 is 1.52 bits per heavy atom. The highest BCUT2D eigenvalue weighted by molar-refractivity contribution is 5.75. The van der Waals surface area contributed by atoms with Gasteiger partial charge in [-0.1, -0.05) is 0 Å². The summed E-state index contributed by atoms with van der Waals surface area (Å²) in [5, 5.41) is 2.95. The molecule has 6 heteroatoms. The molecule has 1 aromatic rings. The lowest BCUT2D eigenvalue weighted by molar-refractivity contribution is 0.110. The third kappa shape index (κ3) is 4.15. The van der Waals surface area contributed by atoms with E-state index in [1.165, 1.54) is 0 Å². The van der Waals surface area contributed by atoms with Gasteiger partial charge in [-0.15, -0.1) is 0 Å². The van der Waals surface area contributed by atoms with Crippen LogP contribution in [0.3, 0.4) is 0 Å². The van der Waals surface area contributed by atoms with E-state index in [0.29, 0.717) is 19.7 Å². The van der Waals surface area contributed by atoms with Gasteiger partial charge in [0.15, 0.2) is 0 Å². The van der Waals surface area contributed by atoms with Gasteiger partial charge < -0.3 is 19.7 Å². The minimum absolute atomic E-state index is 0.0686. The number of likely N-dealkylation sites (tertiary alicyclic amines) is 1. The smallest absolute Gasteiger partial charge is 0.318 e. The van der Waals surface area contributed by atoms with Gasteiger partial charge in [0.05, 0.1) is 18.8 Å². The predicted molar refractivity (Wildman–Crippen MR) is 79.0 cm³/mol. The average Bonchev–Trinajstić information content (AvgIpc) is 2.88. The van der Waals surface area contributed by atoms with Gasteiger partial charge in [-0.05, 0) is 31.0 Å². The van der Waals surface area contributed by atoms with Gasteiger partial charge in [0, 0.05) is 39.2 Å². The summed E-state index contributed by atoms with van der Waals surface area (Å²) in [4.78, 5) is 18.3. The minimum Gasteiger partial charge on any atom is -0.383 e. The van der Waals surface area contributed by atoms with Crippen LogP contribution in [-0.2, 0) is 16.0 Å². The lowest BCUT2D eigenvalue weighted by Gasteiger charge is -2.24. The maximum absolute atomic E-state index is 12.3.